The van der Waals surface area contributed by atoms with Gasteiger partial charge in [-0.2, -0.15) is 0 Å². The lowest BCUT2D eigenvalue weighted by Gasteiger charge is -2.35. The number of carbonyl (C=O) groups excluding carboxylic acids is 1. The second-order valence-electron chi connectivity index (χ2n) is 4.85. The van der Waals surface area contributed by atoms with Crippen LogP contribution < -0.4 is 5.32 Å². The van der Waals surface area contributed by atoms with Crippen molar-refractivity contribution in [1.82, 2.24) is 4.90 Å². The van der Waals surface area contributed by atoms with E-state index in [2.05, 4.69) is 5.32 Å². The minimum absolute atomic E-state index is 0.178. The summed E-state index contributed by atoms with van der Waals surface area (Å²) in [6, 6.07) is 4.92. The van der Waals surface area contributed by atoms with Crippen molar-refractivity contribution in [3.8, 4) is 0 Å². The molecule has 2 heterocycles. The molecule has 2 N–H and O–H groups in total. The topological polar surface area (TPSA) is 69.6 Å². The molecule has 0 bridgehead atoms. The lowest BCUT2D eigenvalue weighted by Crippen LogP contribution is -2.50. The molecule has 94 valence electrons. The van der Waals surface area contributed by atoms with E-state index < -0.39 is 12.0 Å². The molecule has 18 heavy (non-hydrogen) atoms. The molecule has 1 saturated heterocycles. The number of hydrogen-bond acceptors (Lipinski definition) is 3. The minimum Gasteiger partial charge on any atom is -0.480 e. The van der Waals surface area contributed by atoms with Gasteiger partial charge in [-0.1, -0.05) is 11.6 Å². The number of nitrogens with zero attached hydrogens (tertiary/aromatic N) is 1. The first-order valence-electron chi connectivity index (χ1n) is 6.00. The van der Waals surface area contributed by atoms with Crippen LogP contribution in [-0.4, -0.2) is 34.1 Å². The minimum atomic E-state index is -0.927. The average molecular weight is 246 g/mol. The van der Waals surface area contributed by atoms with Crippen molar-refractivity contribution >= 4 is 17.6 Å². The van der Waals surface area contributed by atoms with Gasteiger partial charge in [-0.05, 0) is 31.9 Å². The molecule has 1 aromatic carbocycles. The van der Waals surface area contributed by atoms with Crippen LogP contribution in [0.3, 0.4) is 0 Å². The average Bonchev–Trinajstić information content (AvgIpc) is 2.74. The highest BCUT2D eigenvalue weighted by Gasteiger charge is 2.44. The molecule has 2 aliphatic rings. The van der Waals surface area contributed by atoms with Gasteiger partial charge in [0.15, 0.2) is 0 Å². The number of amides is 1. The van der Waals surface area contributed by atoms with Crippen LogP contribution in [0.25, 0.3) is 0 Å². The number of hydrogen-bond donors (Lipinski definition) is 2. The van der Waals surface area contributed by atoms with E-state index in [0.717, 1.165) is 11.3 Å². The molecule has 1 fully saturated rings. The maximum atomic E-state index is 12.4. The monoisotopic (exact) mass is 246 g/mol. The van der Waals surface area contributed by atoms with E-state index in [1.807, 2.05) is 19.1 Å². The van der Waals surface area contributed by atoms with Crippen molar-refractivity contribution in [1.29, 1.82) is 0 Å². The van der Waals surface area contributed by atoms with Gasteiger partial charge >= 0.3 is 5.97 Å². The van der Waals surface area contributed by atoms with Crippen molar-refractivity contribution in [2.75, 3.05) is 5.32 Å². The van der Waals surface area contributed by atoms with Gasteiger partial charge in [0, 0.05) is 5.69 Å². The van der Waals surface area contributed by atoms with E-state index in [9.17, 15) is 9.59 Å². The van der Waals surface area contributed by atoms with Gasteiger partial charge in [-0.3, -0.25) is 4.79 Å². The van der Waals surface area contributed by atoms with Gasteiger partial charge < -0.3 is 15.3 Å². The van der Waals surface area contributed by atoms with Crippen LogP contribution in [-0.2, 0) is 4.79 Å². The molecular weight excluding hydrogens is 232 g/mol. The molecule has 0 unspecified atom stereocenters. The van der Waals surface area contributed by atoms with Gasteiger partial charge in [-0.25, -0.2) is 4.79 Å². The Kier molecular flexibility index (Phi) is 2.29. The Morgan fingerprint density at radius 3 is 2.94 bits per heavy atom. The molecular formula is C13H14N2O3. The highest BCUT2D eigenvalue weighted by molar-refractivity contribution is 6.03. The molecule has 0 spiro atoms. The largest absolute Gasteiger partial charge is 0.480 e. The molecule has 1 aromatic rings. The van der Waals surface area contributed by atoms with Gasteiger partial charge in [0.2, 0.25) is 0 Å². The zero-order valence-electron chi connectivity index (χ0n) is 10.0. The normalized spacial score (nSPS) is 25.4. The van der Waals surface area contributed by atoms with Crippen LogP contribution >= 0.6 is 0 Å². The molecule has 0 radical (unpaired) electrons. The Hall–Kier alpha value is -2.04. The second kappa shape index (κ2) is 3.73. The number of aliphatic carboxylic acids is 1. The number of fused-ring (bicyclic) bond motifs is 2. The Morgan fingerprint density at radius 2 is 2.22 bits per heavy atom. The Morgan fingerprint density at radius 1 is 1.44 bits per heavy atom. The summed E-state index contributed by atoms with van der Waals surface area (Å²) >= 11 is 0. The van der Waals surface area contributed by atoms with Crippen molar-refractivity contribution in [3.63, 3.8) is 0 Å². The van der Waals surface area contributed by atoms with E-state index in [1.165, 1.54) is 4.90 Å². The number of carboxylic acids is 1. The van der Waals surface area contributed by atoms with E-state index >= 15 is 0 Å². The molecule has 0 aromatic heterocycles. The zero-order chi connectivity index (χ0) is 12.9. The number of nitrogens with one attached hydrogen (secondary N) is 1. The molecule has 0 saturated carbocycles. The molecule has 0 aliphatic carbocycles. The quantitative estimate of drug-likeness (QED) is 0.786. The fourth-order valence-electron chi connectivity index (χ4n) is 2.76. The number of aryl methyl sites for hydroxylation is 1. The van der Waals surface area contributed by atoms with Crippen LogP contribution in [0.15, 0.2) is 18.2 Å². The zero-order valence-corrected chi connectivity index (χ0v) is 10.0. The summed E-state index contributed by atoms with van der Waals surface area (Å²) in [5.74, 6) is -1.11. The van der Waals surface area contributed by atoms with Crippen LogP contribution in [0.2, 0.25) is 0 Å². The fourth-order valence-corrected chi connectivity index (χ4v) is 2.76. The molecule has 1 amide bonds. The maximum Gasteiger partial charge on any atom is 0.326 e. The van der Waals surface area contributed by atoms with E-state index in [4.69, 9.17) is 5.11 Å². The highest BCUT2D eigenvalue weighted by Crippen LogP contribution is 2.34. The summed E-state index contributed by atoms with van der Waals surface area (Å²) in [6.07, 6.45) is 0.996. The van der Waals surface area contributed by atoms with Crippen LogP contribution in [0, 0.1) is 6.92 Å². The predicted octanol–water partition coefficient (Wildman–Crippen LogP) is 1.44. The third kappa shape index (κ3) is 1.47. The maximum absolute atomic E-state index is 12.4. The molecule has 5 nitrogen and oxygen atoms in total. The Bertz CT molecular complexity index is 541. The highest BCUT2D eigenvalue weighted by atomic mass is 16.4. The lowest BCUT2D eigenvalue weighted by molar-refractivity contribution is -0.141. The van der Waals surface area contributed by atoms with Crippen molar-refractivity contribution in [2.45, 2.75) is 32.0 Å². The fraction of sp³-hybridized carbons (Fsp3) is 0.385. The molecule has 2 atom stereocenters. The number of rotatable bonds is 1. The molecule has 2 aliphatic heterocycles. The first kappa shape index (κ1) is 11.1. The summed E-state index contributed by atoms with van der Waals surface area (Å²) in [6.45, 7) is 1.91. The van der Waals surface area contributed by atoms with Crippen LogP contribution in [0.5, 0.6) is 0 Å². The van der Waals surface area contributed by atoms with Crippen LogP contribution in [0.4, 0.5) is 5.69 Å². The first-order chi connectivity index (χ1) is 8.58. The van der Waals surface area contributed by atoms with Crippen molar-refractivity contribution < 1.29 is 14.7 Å². The summed E-state index contributed by atoms with van der Waals surface area (Å²) in [5.41, 5.74) is 2.37. The number of anilines is 1. The first-order valence-corrected chi connectivity index (χ1v) is 6.00. The second-order valence-corrected chi connectivity index (χ2v) is 4.85. The van der Waals surface area contributed by atoms with Gasteiger partial charge in [0.05, 0.1) is 5.56 Å². The third-order valence-electron chi connectivity index (χ3n) is 3.63. The standard InChI is InChI=1S/C13H14N2O3/c1-7-2-3-9-8(6-7)12(16)15-10(13(17)18)4-5-11(15)14-9/h2-3,6,10-11,14H,4-5H2,1H3,(H,17,18)/t10-,11+/m0/s1. The summed E-state index contributed by atoms with van der Waals surface area (Å²) < 4.78 is 0. The van der Waals surface area contributed by atoms with Gasteiger partial charge in [0.1, 0.15) is 12.2 Å². The summed E-state index contributed by atoms with van der Waals surface area (Å²) in [7, 11) is 0. The SMILES string of the molecule is Cc1ccc2c(c1)C(=O)N1[C@H](CC[C@H]1C(=O)O)N2. The third-order valence-corrected chi connectivity index (χ3v) is 3.63. The van der Waals surface area contributed by atoms with E-state index in [0.29, 0.717) is 18.4 Å². The number of benzene rings is 1. The van der Waals surface area contributed by atoms with Crippen molar-refractivity contribution in [2.24, 2.45) is 0 Å². The Balaban J connectivity index is 2.04. The number of carboxylic acid groups (broad SMARTS) is 1. The lowest BCUT2D eigenvalue weighted by atomic mass is 10.0. The van der Waals surface area contributed by atoms with Crippen molar-refractivity contribution in [3.05, 3.63) is 29.3 Å². The number of carbonyl (C=O) groups is 2. The van der Waals surface area contributed by atoms with Crippen LogP contribution in [0.1, 0.15) is 28.8 Å². The summed E-state index contributed by atoms with van der Waals surface area (Å²) in [5, 5.41) is 12.4. The molecule has 3 rings (SSSR count). The Labute approximate surface area is 104 Å². The van der Waals surface area contributed by atoms with Gasteiger partial charge in [0.25, 0.3) is 5.91 Å². The smallest absolute Gasteiger partial charge is 0.326 e. The van der Waals surface area contributed by atoms with E-state index in [1.54, 1.807) is 6.07 Å². The van der Waals surface area contributed by atoms with Gasteiger partial charge in [-0.15, -0.1) is 0 Å². The predicted molar refractivity (Wildman–Crippen MR) is 65.4 cm³/mol. The molecule has 5 heteroatoms. The summed E-state index contributed by atoms with van der Waals surface area (Å²) in [4.78, 5) is 25.0. The van der Waals surface area contributed by atoms with E-state index in [-0.39, 0.29) is 12.1 Å².